The van der Waals surface area contributed by atoms with Crippen molar-refractivity contribution < 1.29 is 9.90 Å². The molecule has 0 aromatic rings. The van der Waals surface area contributed by atoms with Gasteiger partial charge < -0.3 is 20.6 Å². The van der Waals surface area contributed by atoms with E-state index in [2.05, 4.69) is 10.6 Å². The molecule has 0 aliphatic carbocycles. The van der Waals surface area contributed by atoms with Crippen molar-refractivity contribution >= 4 is 6.09 Å². The second-order valence-electron chi connectivity index (χ2n) is 4.92. The van der Waals surface area contributed by atoms with Crippen LogP contribution < -0.4 is 10.6 Å². The number of hydrogen-bond donors (Lipinski definition) is 3. The minimum Gasteiger partial charge on any atom is -0.465 e. The molecule has 0 saturated carbocycles. The van der Waals surface area contributed by atoms with Crippen molar-refractivity contribution in [2.45, 2.75) is 32.4 Å². The molecule has 88 valence electrons. The molecular weight excluding hydrogens is 194 g/mol. The number of nitrogens with one attached hydrogen (secondary N) is 2. The lowest BCUT2D eigenvalue weighted by Crippen LogP contribution is -2.57. The zero-order valence-corrected chi connectivity index (χ0v) is 9.71. The third-order valence-corrected chi connectivity index (χ3v) is 2.57. The first-order chi connectivity index (χ1) is 6.91. The van der Waals surface area contributed by atoms with Gasteiger partial charge in [-0.25, -0.2) is 4.79 Å². The number of hydrogen-bond acceptors (Lipinski definition) is 3. The third kappa shape index (κ3) is 3.68. The van der Waals surface area contributed by atoms with Crippen LogP contribution in [0.3, 0.4) is 0 Å². The van der Waals surface area contributed by atoms with Gasteiger partial charge in [0.2, 0.25) is 0 Å². The van der Waals surface area contributed by atoms with Gasteiger partial charge in [0, 0.05) is 37.8 Å². The summed E-state index contributed by atoms with van der Waals surface area (Å²) in [5.74, 6) is 0. The highest BCUT2D eigenvalue weighted by Crippen LogP contribution is 2.13. The van der Waals surface area contributed by atoms with E-state index in [1.54, 1.807) is 0 Å². The lowest BCUT2D eigenvalue weighted by atomic mass is 10.1. The maximum Gasteiger partial charge on any atom is 0.407 e. The highest BCUT2D eigenvalue weighted by atomic mass is 16.4. The number of carbonyl (C=O) groups is 1. The Labute approximate surface area is 90.8 Å². The number of amides is 1. The van der Waals surface area contributed by atoms with E-state index in [1.807, 2.05) is 20.8 Å². The van der Waals surface area contributed by atoms with Crippen LogP contribution in [-0.2, 0) is 0 Å². The Bertz CT molecular complexity index is 219. The SMILES string of the molecule is CC(C)(C)N(CC1CNCCN1)C(=O)O. The fraction of sp³-hybridized carbons (Fsp3) is 0.900. The maximum absolute atomic E-state index is 11.1. The highest BCUT2D eigenvalue weighted by molar-refractivity contribution is 5.66. The van der Waals surface area contributed by atoms with Crippen LogP contribution in [0.15, 0.2) is 0 Å². The number of piperazine rings is 1. The summed E-state index contributed by atoms with van der Waals surface area (Å²) in [4.78, 5) is 12.6. The Morgan fingerprint density at radius 1 is 1.47 bits per heavy atom. The average molecular weight is 215 g/mol. The predicted molar refractivity (Wildman–Crippen MR) is 59.1 cm³/mol. The van der Waals surface area contributed by atoms with Gasteiger partial charge in [-0.15, -0.1) is 0 Å². The molecule has 0 bridgehead atoms. The lowest BCUT2D eigenvalue weighted by molar-refractivity contribution is 0.0914. The van der Waals surface area contributed by atoms with E-state index in [9.17, 15) is 4.79 Å². The predicted octanol–water partition coefficient (Wildman–Crippen LogP) is 0.326. The first-order valence-corrected chi connectivity index (χ1v) is 5.36. The van der Waals surface area contributed by atoms with Crippen molar-refractivity contribution in [1.29, 1.82) is 0 Å². The van der Waals surface area contributed by atoms with E-state index in [0.29, 0.717) is 6.54 Å². The molecule has 5 heteroatoms. The van der Waals surface area contributed by atoms with Crippen LogP contribution in [0.25, 0.3) is 0 Å². The van der Waals surface area contributed by atoms with E-state index in [1.165, 1.54) is 4.90 Å². The van der Waals surface area contributed by atoms with Gasteiger partial charge in [-0.3, -0.25) is 0 Å². The molecule has 1 heterocycles. The number of nitrogens with zero attached hydrogens (tertiary/aromatic N) is 1. The fourth-order valence-electron chi connectivity index (χ4n) is 1.70. The van der Waals surface area contributed by atoms with Crippen molar-refractivity contribution in [3.05, 3.63) is 0 Å². The topological polar surface area (TPSA) is 64.6 Å². The van der Waals surface area contributed by atoms with E-state index in [4.69, 9.17) is 5.11 Å². The van der Waals surface area contributed by atoms with Gasteiger partial charge in [0.05, 0.1) is 0 Å². The molecule has 0 spiro atoms. The summed E-state index contributed by atoms with van der Waals surface area (Å²) >= 11 is 0. The number of rotatable bonds is 2. The molecule has 0 aromatic carbocycles. The molecule has 1 unspecified atom stereocenters. The molecule has 1 saturated heterocycles. The van der Waals surface area contributed by atoms with E-state index in [0.717, 1.165) is 19.6 Å². The van der Waals surface area contributed by atoms with Crippen molar-refractivity contribution in [2.24, 2.45) is 0 Å². The standard InChI is InChI=1S/C10H21N3O2/c1-10(2,3)13(9(14)15)7-8-6-11-4-5-12-8/h8,11-12H,4-7H2,1-3H3,(H,14,15). The summed E-state index contributed by atoms with van der Waals surface area (Å²) in [5.41, 5.74) is -0.342. The molecule has 3 N–H and O–H groups in total. The monoisotopic (exact) mass is 215 g/mol. The van der Waals surface area contributed by atoms with Crippen molar-refractivity contribution in [3.8, 4) is 0 Å². The molecule has 1 aliphatic heterocycles. The zero-order chi connectivity index (χ0) is 11.5. The van der Waals surface area contributed by atoms with Crippen LogP contribution in [0.2, 0.25) is 0 Å². The van der Waals surface area contributed by atoms with Gasteiger partial charge in [0.1, 0.15) is 0 Å². The first-order valence-electron chi connectivity index (χ1n) is 5.36. The molecule has 1 amide bonds. The quantitative estimate of drug-likeness (QED) is 0.621. The average Bonchev–Trinajstić information content (AvgIpc) is 2.13. The van der Waals surface area contributed by atoms with Crippen molar-refractivity contribution in [2.75, 3.05) is 26.2 Å². The van der Waals surface area contributed by atoms with Crippen LogP contribution in [0, 0.1) is 0 Å². The second kappa shape index (κ2) is 4.81. The summed E-state index contributed by atoms with van der Waals surface area (Å²) in [6, 6.07) is 0.217. The van der Waals surface area contributed by atoms with Gasteiger partial charge in [-0.05, 0) is 20.8 Å². The van der Waals surface area contributed by atoms with E-state index in [-0.39, 0.29) is 11.6 Å². The fourth-order valence-corrected chi connectivity index (χ4v) is 1.70. The highest BCUT2D eigenvalue weighted by Gasteiger charge is 2.28. The Morgan fingerprint density at radius 3 is 2.53 bits per heavy atom. The molecule has 1 aliphatic rings. The Hall–Kier alpha value is -0.810. The van der Waals surface area contributed by atoms with Gasteiger partial charge in [0.25, 0.3) is 0 Å². The van der Waals surface area contributed by atoms with E-state index >= 15 is 0 Å². The largest absolute Gasteiger partial charge is 0.465 e. The summed E-state index contributed by atoms with van der Waals surface area (Å²) in [6.07, 6.45) is -0.852. The molecule has 15 heavy (non-hydrogen) atoms. The van der Waals surface area contributed by atoms with Crippen LogP contribution in [0.4, 0.5) is 4.79 Å². The van der Waals surface area contributed by atoms with Crippen molar-refractivity contribution in [3.63, 3.8) is 0 Å². The van der Waals surface area contributed by atoms with Gasteiger partial charge in [-0.1, -0.05) is 0 Å². The van der Waals surface area contributed by atoms with E-state index < -0.39 is 6.09 Å². The first kappa shape index (κ1) is 12.3. The van der Waals surface area contributed by atoms with Gasteiger partial charge >= 0.3 is 6.09 Å². The van der Waals surface area contributed by atoms with Gasteiger partial charge in [0.15, 0.2) is 0 Å². The van der Waals surface area contributed by atoms with Crippen LogP contribution in [0.5, 0.6) is 0 Å². The molecule has 1 rings (SSSR count). The minimum atomic E-state index is -0.852. The summed E-state index contributed by atoms with van der Waals surface area (Å²) in [6.45, 7) is 8.97. The van der Waals surface area contributed by atoms with Crippen LogP contribution in [-0.4, -0.2) is 53.9 Å². The molecule has 5 nitrogen and oxygen atoms in total. The summed E-state index contributed by atoms with van der Waals surface area (Å²) < 4.78 is 0. The Kier molecular flexibility index (Phi) is 3.93. The van der Waals surface area contributed by atoms with Gasteiger partial charge in [-0.2, -0.15) is 0 Å². The van der Waals surface area contributed by atoms with Crippen LogP contribution >= 0.6 is 0 Å². The third-order valence-electron chi connectivity index (χ3n) is 2.57. The van der Waals surface area contributed by atoms with Crippen LogP contribution in [0.1, 0.15) is 20.8 Å². The minimum absolute atomic E-state index is 0.217. The molecule has 0 aromatic heterocycles. The molecule has 1 atom stereocenters. The molecular formula is C10H21N3O2. The second-order valence-corrected chi connectivity index (χ2v) is 4.92. The van der Waals surface area contributed by atoms with Crippen molar-refractivity contribution in [1.82, 2.24) is 15.5 Å². The Balaban J connectivity index is 2.54. The number of carboxylic acid groups (broad SMARTS) is 1. The smallest absolute Gasteiger partial charge is 0.407 e. The molecule has 0 radical (unpaired) electrons. The Morgan fingerprint density at radius 2 is 2.13 bits per heavy atom. The normalized spacial score (nSPS) is 22.5. The maximum atomic E-state index is 11.1. The summed E-state index contributed by atoms with van der Waals surface area (Å²) in [5, 5.41) is 15.7. The summed E-state index contributed by atoms with van der Waals surface area (Å²) in [7, 11) is 0. The zero-order valence-electron chi connectivity index (χ0n) is 9.71. The lowest BCUT2D eigenvalue weighted by Gasteiger charge is -2.37. The molecule has 1 fully saturated rings.